The monoisotopic (exact) mass is 378 g/mol. The normalized spacial score (nSPS) is 24.5. The van der Waals surface area contributed by atoms with Crippen LogP contribution >= 0.6 is 11.3 Å². The molecule has 0 aliphatic carbocycles. The Morgan fingerprint density at radius 1 is 1.19 bits per heavy atom. The van der Waals surface area contributed by atoms with Gasteiger partial charge >= 0.3 is 0 Å². The van der Waals surface area contributed by atoms with E-state index in [0.29, 0.717) is 24.3 Å². The van der Waals surface area contributed by atoms with Crippen molar-refractivity contribution in [3.05, 3.63) is 10.6 Å². The Hall–Kier alpha value is -1.47. The third kappa shape index (κ3) is 4.62. The molecule has 1 aromatic heterocycles. The number of piperidine rings is 2. The number of amides is 2. The highest BCUT2D eigenvalue weighted by Crippen LogP contribution is 2.24. The van der Waals surface area contributed by atoms with Gasteiger partial charge in [-0.05, 0) is 59.4 Å². The van der Waals surface area contributed by atoms with E-state index >= 15 is 0 Å². The summed E-state index contributed by atoms with van der Waals surface area (Å²) in [6.07, 6.45) is 5.35. The number of nitrogens with one attached hydrogen (secondary N) is 1. The second-order valence-electron chi connectivity index (χ2n) is 7.66. The van der Waals surface area contributed by atoms with Gasteiger partial charge < -0.3 is 10.2 Å². The van der Waals surface area contributed by atoms with Crippen molar-refractivity contribution in [2.24, 2.45) is 5.92 Å². The Morgan fingerprint density at radius 2 is 2.00 bits per heavy atom. The Kier molecular flexibility index (Phi) is 6.29. The quantitative estimate of drug-likeness (QED) is 0.875. The predicted molar refractivity (Wildman–Crippen MR) is 104 cm³/mol. The van der Waals surface area contributed by atoms with Crippen LogP contribution in [-0.4, -0.2) is 58.8 Å². The molecule has 2 saturated heterocycles. The summed E-state index contributed by atoms with van der Waals surface area (Å²) in [6.45, 7) is 8.89. The van der Waals surface area contributed by atoms with Crippen molar-refractivity contribution in [3.8, 4) is 0 Å². The molecule has 2 amide bonds. The topological polar surface area (TPSA) is 65.5 Å². The minimum atomic E-state index is -0.0433. The Bertz CT molecular complexity index is 640. The predicted octanol–water partition coefficient (Wildman–Crippen LogP) is 2.81. The Labute approximate surface area is 160 Å². The number of thiazole rings is 1. The highest BCUT2D eigenvalue weighted by atomic mass is 32.1. The molecule has 0 spiro atoms. The van der Waals surface area contributed by atoms with E-state index in [2.05, 4.69) is 27.0 Å². The van der Waals surface area contributed by atoms with E-state index in [1.807, 2.05) is 13.8 Å². The lowest BCUT2D eigenvalue weighted by atomic mass is 9.94. The van der Waals surface area contributed by atoms with Gasteiger partial charge in [0.25, 0.3) is 0 Å². The Morgan fingerprint density at radius 3 is 2.69 bits per heavy atom. The second kappa shape index (κ2) is 8.48. The first kappa shape index (κ1) is 19.3. The summed E-state index contributed by atoms with van der Waals surface area (Å²) in [6, 6.07) is 0.353. The van der Waals surface area contributed by atoms with Gasteiger partial charge in [0.2, 0.25) is 11.8 Å². The van der Waals surface area contributed by atoms with Crippen molar-refractivity contribution >= 4 is 28.3 Å². The molecular weight excluding hydrogens is 348 g/mol. The number of rotatable bonds is 4. The minimum Gasteiger partial charge on any atom is -0.340 e. The van der Waals surface area contributed by atoms with E-state index in [-0.39, 0.29) is 17.7 Å². The second-order valence-corrected chi connectivity index (χ2v) is 8.86. The van der Waals surface area contributed by atoms with E-state index in [0.717, 1.165) is 49.3 Å². The fourth-order valence-corrected chi connectivity index (χ4v) is 4.78. The Balaban J connectivity index is 1.52. The number of carbonyl (C=O) groups excluding carboxylic acids is 2. The number of aromatic nitrogens is 1. The van der Waals surface area contributed by atoms with Gasteiger partial charge in [-0.3, -0.25) is 14.5 Å². The summed E-state index contributed by atoms with van der Waals surface area (Å²) in [7, 11) is 0. The summed E-state index contributed by atoms with van der Waals surface area (Å²) in [5.74, 6) is 0.271. The maximum atomic E-state index is 12.9. The van der Waals surface area contributed by atoms with Crippen LogP contribution in [0.4, 0.5) is 5.13 Å². The lowest BCUT2D eigenvalue weighted by Gasteiger charge is -2.39. The third-order valence-corrected chi connectivity index (χ3v) is 6.57. The van der Waals surface area contributed by atoms with E-state index < -0.39 is 0 Å². The van der Waals surface area contributed by atoms with Gasteiger partial charge in [0.1, 0.15) is 0 Å². The van der Waals surface area contributed by atoms with Crippen molar-refractivity contribution in [2.45, 2.75) is 58.9 Å². The fraction of sp³-hybridized carbons (Fsp3) is 0.737. The van der Waals surface area contributed by atoms with Crippen LogP contribution in [0.1, 0.15) is 49.6 Å². The number of carbonyl (C=O) groups is 2. The first-order valence-electron chi connectivity index (χ1n) is 9.70. The summed E-state index contributed by atoms with van der Waals surface area (Å²) in [4.78, 5) is 34.9. The van der Waals surface area contributed by atoms with Crippen LogP contribution in [0.2, 0.25) is 0 Å². The lowest BCUT2D eigenvalue weighted by molar-refractivity contribution is -0.141. The number of hydrogen-bond donors (Lipinski definition) is 1. The molecule has 2 aliphatic rings. The molecule has 2 unspecified atom stereocenters. The van der Waals surface area contributed by atoms with Gasteiger partial charge in [-0.2, -0.15) is 0 Å². The molecule has 0 bridgehead atoms. The van der Waals surface area contributed by atoms with Crippen molar-refractivity contribution in [2.75, 3.05) is 31.5 Å². The summed E-state index contributed by atoms with van der Waals surface area (Å²) in [5.41, 5.74) is 0.963. The zero-order chi connectivity index (χ0) is 18.7. The molecule has 1 N–H and O–H groups in total. The lowest BCUT2D eigenvalue weighted by Crippen LogP contribution is -2.50. The first-order chi connectivity index (χ1) is 12.4. The standard InChI is InChI=1S/C19H30N4O2S/c1-13-7-4-5-10-23(13)18(25)16-8-6-9-22(11-16)12-17(24)21-19-20-14(2)15(3)26-19/h13,16H,4-12H2,1-3H3,(H,20,21,24). The maximum absolute atomic E-state index is 12.9. The largest absolute Gasteiger partial charge is 0.340 e. The fourth-order valence-electron chi connectivity index (χ4n) is 3.95. The number of likely N-dealkylation sites (tertiary alicyclic amines) is 2. The van der Waals surface area contributed by atoms with E-state index in [4.69, 9.17) is 0 Å². The molecule has 26 heavy (non-hydrogen) atoms. The summed E-state index contributed by atoms with van der Waals surface area (Å²) in [5, 5.41) is 3.56. The van der Waals surface area contributed by atoms with Gasteiger partial charge in [0.05, 0.1) is 18.2 Å². The minimum absolute atomic E-state index is 0.0291. The van der Waals surface area contributed by atoms with Crippen molar-refractivity contribution < 1.29 is 9.59 Å². The van der Waals surface area contributed by atoms with Gasteiger partial charge in [-0.15, -0.1) is 11.3 Å². The molecule has 0 radical (unpaired) electrons. The number of anilines is 1. The SMILES string of the molecule is Cc1nc(NC(=O)CN2CCCC(C(=O)N3CCCCC3C)C2)sc1C. The average molecular weight is 379 g/mol. The summed E-state index contributed by atoms with van der Waals surface area (Å²) >= 11 is 1.51. The van der Waals surface area contributed by atoms with Gasteiger partial charge in [0.15, 0.2) is 5.13 Å². The van der Waals surface area contributed by atoms with Crippen molar-refractivity contribution in [1.29, 1.82) is 0 Å². The molecule has 144 valence electrons. The zero-order valence-corrected chi connectivity index (χ0v) is 16.9. The van der Waals surface area contributed by atoms with Crippen LogP contribution in [0.15, 0.2) is 0 Å². The van der Waals surface area contributed by atoms with E-state index in [1.165, 1.54) is 17.8 Å². The van der Waals surface area contributed by atoms with E-state index in [1.54, 1.807) is 0 Å². The van der Waals surface area contributed by atoms with Gasteiger partial charge in [-0.25, -0.2) is 4.98 Å². The highest BCUT2D eigenvalue weighted by Gasteiger charge is 2.32. The smallest absolute Gasteiger partial charge is 0.240 e. The highest BCUT2D eigenvalue weighted by molar-refractivity contribution is 7.15. The van der Waals surface area contributed by atoms with Crippen LogP contribution in [-0.2, 0) is 9.59 Å². The van der Waals surface area contributed by atoms with Crippen LogP contribution < -0.4 is 5.32 Å². The molecule has 0 saturated carbocycles. The van der Waals surface area contributed by atoms with Gasteiger partial charge in [-0.1, -0.05) is 0 Å². The van der Waals surface area contributed by atoms with Crippen LogP contribution in [0, 0.1) is 19.8 Å². The van der Waals surface area contributed by atoms with Crippen LogP contribution in [0.25, 0.3) is 0 Å². The van der Waals surface area contributed by atoms with E-state index in [9.17, 15) is 9.59 Å². The molecule has 6 nitrogen and oxygen atoms in total. The molecule has 3 rings (SSSR count). The van der Waals surface area contributed by atoms with Gasteiger partial charge in [0, 0.05) is 24.0 Å². The first-order valence-corrected chi connectivity index (χ1v) is 10.5. The van der Waals surface area contributed by atoms with Crippen LogP contribution in [0.5, 0.6) is 0 Å². The molecule has 0 aromatic carbocycles. The number of aryl methyl sites for hydroxylation is 2. The molecule has 7 heteroatoms. The zero-order valence-electron chi connectivity index (χ0n) is 16.1. The van der Waals surface area contributed by atoms with Crippen LogP contribution in [0.3, 0.4) is 0 Å². The third-order valence-electron chi connectivity index (χ3n) is 5.58. The molecular formula is C19H30N4O2S. The molecule has 2 fully saturated rings. The number of hydrogen-bond acceptors (Lipinski definition) is 5. The average Bonchev–Trinajstić information content (AvgIpc) is 2.92. The molecule has 2 atom stereocenters. The molecule has 1 aromatic rings. The van der Waals surface area contributed by atoms with Crippen molar-refractivity contribution in [3.63, 3.8) is 0 Å². The van der Waals surface area contributed by atoms with Crippen molar-refractivity contribution in [1.82, 2.24) is 14.8 Å². The maximum Gasteiger partial charge on any atom is 0.240 e. The summed E-state index contributed by atoms with van der Waals surface area (Å²) < 4.78 is 0. The number of nitrogens with zero attached hydrogens (tertiary/aromatic N) is 3. The molecule has 3 heterocycles. The molecule has 2 aliphatic heterocycles.